The molecule has 6 rings (SSSR count). The van der Waals surface area contributed by atoms with Crippen molar-refractivity contribution >= 4 is 32.7 Å². The van der Waals surface area contributed by atoms with Gasteiger partial charge in [0.1, 0.15) is 11.2 Å². The van der Waals surface area contributed by atoms with E-state index in [1.165, 1.54) is 5.56 Å². The van der Waals surface area contributed by atoms with Crippen molar-refractivity contribution in [3.8, 4) is 22.3 Å². The Kier molecular flexibility index (Phi) is 4.90. The molecule has 176 valence electrons. The fourth-order valence-electron chi connectivity index (χ4n) is 4.60. The van der Waals surface area contributed by atoms with E-state index >= 15 is 0 Å². The molecule has 36 heavy (non-hydrogen) atoms. The number of nitrogens with zero attached hydrogens (tertiary/aromatic N) is 1. The molecule has 0 saturated heterocycles. The molecule has 5 nitrogen and oxygen atoms in total. The fourth-order valence-corrected chi connectivity index (χ4v) is 4.60. The maximum atomic E-state index is 13.0. The smallest absolute Gasteiger partial charge is 0.344 e. The van der Waals surface area contributed by atoms with Crippen LogP contribution in [-0.2, 0) is 5.41 Å². The molecule has 0 spiro atoms. The van der Waals surface area contributed by atoms with Crippen LogP contribution >= 0.6 is 0 Å². The third-order valence-electron chi connectivity index (χ3n) is 6.60. The maximum absolute atomic E-state index is 13.0. The van der Waals surface area contributed by atoms with E-state index in [1.807, 2.05) is 36.4 Å². The van der Waals surface area contributed by atoms with E-state index in [0.717, 1.165) is 21.5 Å². The molecule has 0 N–H and O–H groups in total. The first-order valence-corrected chi connectivity index (χ1v) is 11.8. The molecular weight excluding hydrogens is 450 g/mol. The highest BCUT2D eigenvalue weighted by Crippen LogP contribution is 2.32. The summed E-state index contributed by atoms with van der Waals surface area (Å²) >= 11 is 0. The number of rotatable bonds is 2. The normalized spacial score (nSPS) is 12.0. The molecule has 0 atom stereocenters. The average Bonchev–Trinajstić information content (AvgIpc) is 2.87. The van der Waals surface area contributed by atoms with Gasteiger partial charge in [-0.05, 0) is 52.1 Å². The Bertz CT molecular complexity index is 1920. The van der Waals surface area contributed by atoms with Gasteiger partial charge in [0.25, 0.3) is 0 Å². The molecule has 6 aromatic rings. The first kappa shape index (κ1) is 22.0. The molecule has 0 unspecified atom stereocenters. The summed E-state index contributed by atoms with van der Waals surface area (Å²) in [5, 5.41) is 3.74. The summed E-state index contributed by atoms with van der Waals surface area (Å²) < 4.78 is 11.2. The third-order valence-corrected chi connectivity index (χ3v) is 6.60. The van der Waals surface area contributed by atoms with Crippen molar-refractivity contribution in [3.05, 3.63) is 112 Å². The Morgan fingerprint density at radius 3 is 2.08 bits per heavy atom. The lowest BCUT2D eigenvalue weighted by molar-refractivity contribution is 0.563. The van der Waals surface area contributed by atoms with Gasteiger partial charge in [0.15, 0.2) is 0 Å². The first-order valence-electron chi connectivity index (χ1n) is 11.8. The second-order valence-corrected chi connectivity index (χ2v) is 10.1. The van der Waals surface area contributed by atoms with Crippen LogP contribution in [0, 0.1) is 0 Å². The van der Waals surface area contributed by atoms with E-state index < -0.39 is 11.3 Å². The van der Waals surface area contributed by atoms with E-state index in [9.17, 15) is 9.59 Å². The second-order valence-electron chi connectivity index (χ2n) is 10.1. The zero-order valence-electron chi connectivity index (χ0n) is 20.2. The Hall–Kier alpha value is -4.51. The van der Waals surface area contributed by atoms with Gasteiger partial charge in [-0.3, -0.25) is 4.98 Å². The molecule has 3 aromatic heterocycles. The summed E-state index contributed by atoms with van der Waals surface area (Å²) in [6.45, 7) is 6.55. The van der Waals surface area contributed by atoms with E-state index in [4.69, 9.17) is 8.83 Å². The predicted molar refractivity (Wildman–Crippen MR) is 143 cm³/mol. The third kappa shape index (κ3) is 3.69. The van der Waals surface area contributed by atoms with Gasteiger partial charge in [0.2, 0.25) is 0 Å². The number of hydrogen-bond acceptors (Lipinski definition) is 5. The molecule has 5 heteroatoms. The van der Waals surface area contributed by atoms with Gasteiger partial charge in [-0.25, -0.2) is 9.59 Å². The lowest BCUT2D eigenvalue weighted by Gasteiger charge is -2.19. The molecule has 0 aliphatic carbocycles. The molecule has 0 saturated carbocycles. The Labute approximate surface area is 206 Å². The highest BCUT2D eigenvalue weighted by molar-refractivity contribution is 6.06. The average molecular weight is 474 g/mol. The zero-order chi connectivity index (χ0) is 25.0. The monoisotopic (exact) mass is 473 g/mol. The van der Waals surface area contributed by atoms with Crippen molar-refractivity contribution in [3.63, 3.8) is 0 Å². The van der Waals surface area contributed by atoms with E-state index in [0.29, 0.717) is 33.4 Å². The standard InChI is InChI=1S/C31H23NO4/c1-31(2,3)22-9-10-23-18(13-22)8-11-28-26(23)15-25(30(34)36-28)21-12-20(16-32-17-21)24-14-19-6-4-5-7-27(19)35-29(24)33/h4-17H,1-3H3. The number of para-hydroxylation sites is 1. The molecule has 0 bridgehead atoms. The van der Waals surface area contributed by atoms with Gasteiger partial charge < -0.3 is 8.83 Å². The Morgan fingerprint density at radius 1 is 0.639 bits per heavy atom. The SMILES string of the molecule is CC(C)(C)c1ccc2c(ccc3oc(=O)c(-c4cncc(-c5cc6ccccc6oc5=O)c4)cc32)c1. The van der Waals surface area contributed by atoms with Crippen LogP contribution in [0.3, 0.4) is 0 Å². The minimum absolute atomic E-state index is 0.0269. The lowest BCUT2D eigenvalue weighted by atomic mass is 9.85. The molecular formula is C31H23NO4. The van der Waals surface area contributed by atoms with Crippen LogP contribution in [0.25, 0.3) is 55.0 Å². The van der Waals surface area contributed by atoms with E-state index in [-0.39, 0.29) is 5.41 Å². The summed E-state index contributed by atoms with van der Waals surface area (Å²) in [5.74, 6) is 0. The van der Waals surface area contributed by atoms with Crippen molar-refractivity contribution in [2.45, 2.75) is 26.2 Å². The Balaban J connectivity index is 1.52. The van der Waals surface area contributed by atoms with Gasteiger partial charge in [-0.15, -0.1) is 0 Å². The summed E-state index contributed by atoms with van der Waals surface area (Å²) in [7, 11) is 0. The highest BCUT2D eigenvalue weighted by Gasteiger charge is 2.16. The highest BCUT2D eigenvalue weighted by atomic mass is 16.4. The van der Waals surface area contributed by atoms with Gasteiger partial charge in [-0.2, -0.15) is 0 Å². The zero-order valence-corrected chi connectivity index (χ0v) is 20.2. The number of aromatic nitrogens is 1. The maximum Gasteiger partial charge on any atom is 0.344 e. The van der Waals surface area contributed by atoms with Crippen LogP contribution in [0.4, 0.5) is 0 Å². The minimum Gasteiger partial charge on any atom is -0.422 e. The lowest BCUT2D eigenvalue weighted by Crippen LogP contribution is -2.10. The van der Waals surface area contributed by atoms with Crippen molar-refractivity contribution in [1.29, 1.82) is 0 Å². The number of fused-ring (bicyclic) bond motifs is 4. The summed E-state index contributed by atoms with van der Waals surface area (Å²) in [6, 6.07) is 22.9. The number of benzene rings is 3. The van der Waals surface area contributed by atoms with Crippen LogP contribution in [0.1, 0.15) is 26.3 Å². The molecule has 0 amide bonds. The molecule has 0 fully saturated rings. The largest absolute Gasteiger partial charge is 0.422 e. The number of hydrogen-bond donors (Lipinski definition) is 0. The van der Waals surface area contributed by atoms with Crippen LogP contribution in [-0.4, -0.2) is 4.98 Å². The summed E-state index contributed by atoms with van der Waals surface area (Å²) in [5.41, 5.74) is 3.29. The van der Waals surface area contributed by atoms with Crippen LogP contribution in [0.5, 0.6) is 0 Å². The van der Waals surface area contributed by atoms with E-state index in [2.05, 4.69) is 44.0 Å². The minimum atomic E-state index is -0.461. The van der Waals surface area contributed by atoms with Crippen molar-refractivity contribution in [2.24, 2.45) is 0 Å². The molecule has 0 aliphatic heterocycles. The Morgan fingerprint density at radius 2 is 1.33 bits per heavy atom. The van der Waals surface area contributed by atoms with Gasteiger partial charge in [0, 0.05) is 34.3 Å². The van der Waals surface area contributed by atoms with Crippen molar-refractivity contribution in [1.82, 2.24) is 4.98 Å². The summed E-state index contributed by atoms with van der Waals surface area (Å²) in [4.78, 5) is 30.0. The molecule has 0 aliphatic rings. The van der Waals surface area contributed by atoms with Gasteiger partial charge in [-0.1, -0.05) is 63.2 Å². The van der Waals surface area contributed by atoms with E-state index in [1.54, 1.807) is 30.6 Å². The topological polar surface area (TPSA) is 73.3 Å². The number of pyridine rings is 1. The molecule has 3 heterocycles. The molecule has 0 radical (unpaired) electrons. The van der Waals surface area contributed by atoms with Gasteiger partial charge in [0.05, 0.1) is 11.1 Å². The quantitative estimate of drug-likeness (QED) is 0.198. The van der Waals surface area contributed by atoms with Crippen molar-refractivity contribution in [2.75, 3.05) is 0 Å². The molecule has 3 aromatic carbocycles. The predicted octanol–water partition coefficient (Wildman–Crippen LogP) is 7.08. The van der Waals surface area contributed by atoms with Crippen molar-refractivity contribution < 1.29 is 8.83 Å². The fraction of sp³-hybridized carbons (Fsp3) is 0.129. The first-order chi connectivity index (χ1) is 17.3. The van der Waals surface area contributed by atoms with Gasteiger partial charge >= 0.3 is 11.3 Å². The van der Waals surface area contributed by atoms with Crippen LogP contribution < -0.4 is 11.3 Å². The van der Waals surface area contributed by atoms with Crippen LogP contribution in [0.2, 0.25) is 0 Å². The second kappa shape index (κ2) is 8.02. The van der Waals surface area contributed by atoms with Crippen LogP contribution in [0.15, 0.2) is 104 Å². The summed E-state index contributed by atoms with van der Waals surface area (Å²) in [6.07, 6.45) is 3.20.